The molecule has 5 nitrogen and oxygen atoms in total. The van der Waals surface area contributed by atoms with Crippen molar-refractivity contribution in [3.8, 4) is 0 Å². The van der Waals surface area contributed by atoms with Gasteiger partial charge in [-0.3, -0.25) is 4.79 Å². The summed E-state index contributed by atoms with van der Waals surface area (Å²) < 4.78 is 0. The summed E-state index contributed by atoms with van der Waals surface area (Å²) in [5.74, 6) is -0.541. The number of anilines is 1. The molecule has 2 aromatic rings. The Labute approximate surface area is 135 Å². The zero-order chi connectivity index (χ0) is 16.7. The summed E-state index contributed by atoms with van der Waals surface area (Å²) in [6.07, 6.45) is 1.12. The number of nitrogens with two attached hydrogens (primary N) is 1. The number of nitrogens with one attached hydrogen (secondary N) is 2. The van der Waals surface area contributed by atoms with Crippen molar-refractivity contribution < 1.29 is 9.59 Å². The molecule has 0 spiro atoms. The highest BCUT2D eigenvalue weighted by molar-refractivity contribution is 5.93. The second-order valence-electron chi connectivity index (χ2n) is 5.45. The molecule has 3 amide bonds. The quantitative estimate of drug-likeness (QED) is 0.766. The maximum atomic E-state index is 12.0. The summed E-state index contributed by atoms with van der Waals surface area (Å²) in [5.41, 5.74) is 8.20. The molecule has 23 heavy (non-hydrogen) atoms. The van der Waals surface area contributed by atoms with Crippen molar-refractivity contribution in [1.29, 1.82) is 0 Å². The van der Waals surface area contributed by atoms with Crippen molar-refractivity contribution in [2.24, 2.45) is 5.73 Å². The van der Waals surface area contributed by atoms with Crippen LogP contribution < -0.4 is 16.4 Å². The molecular formula is C18H21N3O2. The van der Waals surface area contributed by atoms with Crippen molar-refractivity contribution in [2.75, 3.05) is 5.32 Å². The third-order valence-corrected chi connectivity index (χ3v) is 3.49. The molecule has 0 heterocycles. The fourth-order valence-corrected chi connectivity index (χ4v) is 2.29. The predicted molar refractivity (Wildman–Crippen MR) is 91.1 cm³/mol. The Kier molecular flexibility index (Phi) is 5.74. The first-order valence-electron chi connectivity index (χ1n) is 7.52. The summed E-state index contributed by atoms with van der Waals surface area (Å²) in [6, 6.07) is 16.0. The third kappa shape index (κ3) is 5.47. The maximum absolute atomic E-state index is 12.0. The van der Waals surface area contributed by atoms with E-state index in [0.717, 1.165) is 11.1 Å². The van der Waals surface area contributed by atoms with Crippen LogP contribution in [-0.4, -0.2) is 18.0 Å². The molecule has 0 saturated carbocycles. The molecule has 0 radical (unpaired) electrons. The Morgan fingerprint density at radius 2 is 1.83 bits per heavy atom. The number of carbonyl (C=O) groups excluding carboxylic acids is 2. The van der Waals surface area contributed by atoms with Crippen molar-refractivity contribution >= 4 is 17.6 Å². The average Bonchev–Trinajstić information content (AvgIpc) is 2.52. The van der Waals surface area contributed by atoms with Gasteiger partial charge in [0.15, 0.2) is 0 Å². The molecule has 120 valence electrons. The lowest BCUT2D eigenvalue weighted by molar-refractivity contribution is -0.119. The van der Waals surface area contributed by atoms with E-state index in [-0.39, 0.29) is 0 Å². The van der Waals surface area contributed by atoms with E-state index in [0.29, 0.717) is 18.5 Å². The first-order chi connectivity index (χ1) is 11.0. The SMILES string of the molecule is Cc1cccc(NC(=O)NC(CCc2ccccc2)C(N)=O)c1. The second-order valence-corrected chi connectivity index (χ2v) is 5.45. The van der Waals surface area contributed by atoms with Gasteiger partial charge in [0.1, 0.15) is 6.04 Å². The van der Waals surface area contributed by atoms with Gasteiger partial charge in [-0.1, -0.05) is 42.5 Å². The molecule has 2 aromatic carbocycles. The summed E-state index contributed by atoms with van der Waals surface area (Å²) in [6.45, 7) is 1.94. The lowest BCUT2D eigenvalue weighted by Crippen LogP contribution is -2.46. The second kappa shape index (κ2) is 7.98. The Balaban J connectivity index is 1.91. The smallest absolute Gasteiger partial charge is 0.319 e. The van der Waals surface area contributed by atoms with Crippen LogP contribution in [0.3, 0.4) is 0 Å². The van der Waals surface area contributed by atoms with Crippen LogP contribution in [0.25, 0.3) is 0 Å². The fraction of sp³-hybridized carbons (Fsp3) is 0.222. The Morgan fingerprint density at radius 1 is 1.09 bits per heavy atom. The zero-order valence-corrected chi connectivity index (χ0v) is 13.1. The van der Waals surface area contributed by atoms with E-state index >= 15 is 0 Å². The first-order valence-corrected chi connectivity index (χ1v) is 7.52. The number of primary amides is 1. The van der Waals surface area contributed by atoms with Gasteiger partial charge >= 0.3 is 6.03 Å². The number of rotatable bonds is 6. The number of hydrogen-bond donors (Lipinski definition) is 3. The van der Waals surface area contributed by atoms with E-state index in [4.69, 9.17) is 5.73 Å². The number of amides is 3. The monoisotopic (exact) mass is 311 g/mol. The van der Waals surface area contributed by atoms with Crippen LogP contribution in [0, 0.1) is 6.92 Å². The van der Waals surface area contributed by atoms with Gasteiger partial charge < -0.3 is 16.4 Å². The Hall–Kier alpha value is -2.82. The minimum Gasteiger partial charge on any atom is -0.368 e. The lowest BCUT2D eigenvalue weighted by atomic mass is 10.1. The van der Waals surface area contributed by atoms with Gasteiger partial charge in [-0.2, -0.15) is 0 Å². The molecule has 0 aliphatic carbocycles. The molecule has 2 rings (SSSR count). The van der Waals surface area contributed by atoms with Gasteiger partial charge in [0, 0.05) is 5.69 Å². The number of carbonyl (C=O) groups is 2. The number of urea groups is 1. The van der Waals surface area contributed by atoms with Crippen LogP contribution in [0.2, 0.25) is 0 Å². The Bertz CT molecular complexity index is 671. The van der Waals surface area contributed by atoms with Crippen LogP contribution in [0.4, 0.5) is 10.5 Å². The van der Waals surface area contributed by atoms with E-state index in [2.05, 4.69) is 10.6 Å². The standard InChI is InChI=1S/C18H21N3O2/c1-13-6-5-9-15(12-13)20-18(23)21-16(17(19)22)11-10-14-7-3-2-4-8-14/h2-9,12,16H,10-11H2,1H3,(H2,19,22)(H2,20,21,23). The summed E-state index contributed by atoms with van der Waals surface area (Å²) in [4.78, 5) is 23.6. The van der Waals surface area contributed by atoms with Crippen molar-refractivity contribution in [2.45, 2.75) is 25.8 Å². The summed E-state index contributed by atoms with van der Waals surface area (Å²) >= 11 is 0. The molecule has 5 heteroatoms. The molecule has 0 bridgehead atoms. The zero-order valence-electron chi connectivity index (χ0n) is 13.1. The molecule has 1 atom stereocenters. The van der Waals surface area contributed by atoms with Gasteiger partial charge in [-0.15, -0.1) is 0 Å². The van der Waals surface area contributed by atoms with Crippen molar-refractivity contribution in [1.82, 2.24) is 5.32 Å². The molecule has 0 aromatic heterocycles. The maximum Gasteiger partial charge on any atom is 0.319 e. The Morgan fingerprint density at radius 3 is 2.48 bits per heavy atom. The molecule has 0 saturated heterocycles. The molecule has 1 unspecified atom stereocenters. The van der Waals surface area contributed by atoms with E-state index in [1.54, 1.807) is 6.07 Å². The van der Waals surface area contributed by atoms with Gasteiger partial charge in [0.2, 0.25) is 5.91 Å². The third-order valence-electron chi connectivity index (χ3n) is 3.49. The van der Waals surface area contributed by atoms with Gasteiger partial charge in [0.05, 0.1) is 0 Å². The molecule has 0 fully saturated rings. The molecular weight excluding hydrogens is 290 g/mol. The minimum absolute atomic E-state index is 0.438. The highest BCUT2D eigenvalue weighted by Crippen LogP contribution is 2.10. The average molecular weight is 311 g/mol. The van der Waals surface area contributed by atoms with Crippen molar-refractivity contribution in [3.05, 3.63) is 65.7 Å². The van der Waals surface area contributed by atoms with Crippen LogP contribution in [0.1, 0.15) is 17.5 Å². The molecule has 0 aliphatic rings. The largest absolute Gasteiger partial charge is 0.368 e. The molecule has 0 aliphatic heterocycles. The normalized spacial score (nSPS) is 11.5. The summed E-state index contributed by atoms with van der Waals surface area (Å²) in [7, 11) is 0. The first kappa shape index (κ1) is 16.5. The van der Waals surface area contributed by atoms with Crippen molar-refractivity contribution in [3.63, 3.8) is 0 Å². The van der Waals surface area contributed by atoms with E-state index in [9.17, 15) is 9.59 Å². The summed E-state index contributed by atoms with van der Waals surface area (Å²) in [5, 5.41) is 5.34. The van der Waals surface area contributed by atoms with Gasteiger partial charge in [-0.25, -0.2) is 4.79 Å². The van der Waals surface area contributed by atoms with Crippen LogP contribution >= 0.6 is 0 Å². The number of aryl methyl sites for hydroxylation is 2. The fourth-order valence-electron chi connectivity index (χ4n) is 2.29. The van der Waals surface area contributed by atoms with Crippen LogP contribution in [-0.2, 0) is 11.2 Å². The van der Waals surface area contributed by atoms with Crippen LogP contribution in [0.15, 0.2) is 54.6 Å². The van der Waals surface area contributed by atoms with E-state index in [1.165, 1.54) is 0 Å². The molecule has 4 N–H and O–H groups in total. The number of benzene rings is 2. The van der Waals surface area contributed by atoms with Crippen LogP contribution in [0.5, 0.6) is 0 Å². The number of hydrogen-bond acceptors (Lipinski definition) is 2. The highest BCUT2D eigenvalue weighted by Gasteiger charge is 2.17. The van der Waals surface area contributed by atoms with Gasteiger partial charge in [-0.05, 0) is 43.0 Å². The van der Waals surface area contributed by atoms with Gasteiger partial charge in [0.25, 0.3) is 0 Å². The topological polar surface area (TPSA) is 84.2 Å². The minimum atomic E-state index is -0.708. The lowest BCUT2D eigenvalue weighted by Gasteiger charge is -2.16. The van der Waals surface area contributed by atoms with E-state index in [1.807, 2.05) is 55.5 Å². The predicted octanol–water partition coefficient (Wildman–Crippen LogP) is 2.60. The highest BCUT2D eigenvalue weighted by atomic mass is 16.2. The van der Waals surface area contributed by atoms with E-state index < -0.39 is 18.0 Å².